The van der Waals surface area contributed by atoms with E-state index >= 15 is 0 Å². The van der Waals surface area contributed by atoms with Crippen molar-refractivity contribution in [2.75, 3.05) is 0 Å². The van der Waals surface area contributed by atoms with Crippen LogP contribution in [0.5, 0.6) is 0 Å². The van der Waals surface area contributed by atoms with Crippen molar-refractivity contribution in [1.82, 2.24) is 20.2 Å². The zero-order valence-corrected chi connectivity index (χ0v) is 11.3. The van der Waals surface area contributed by atoms with Gasteiger partial charge in [-0.15, -0.1) is 5.10 Å². The van der Waals surface area contributed by atoms with Crippen LogP contribution in [0.3, 0.4) is 0 Å². The molecule has 1 heterocycles. The van der Waals surface area contributed by atoms with Crippen molar-refractivity contribution in [3.63, 3.8) is 0 Å². The summed E-state index contributed by atoms with van der Waals surface area (Å²) in [5.41, 5.74) is 0. The number of hydrogen-bond donors (Lipinski definition) is 1. The number of aliphatic hydroxyl groups excluding tert-OH is 1. The molecule has 1 aromatic rings. The van der Waals surface area contributed by atoms with Crippen LogP contribution >= 0.6 is 11.8 Å². The van der Waals surface area contributed by atoms with Gasteiger partial charge in [0.05, 0.1) is 12.1 Å². The third-order valence-corrected chi connectivity index (χ3v) is 5.39. The maximum atomic E-state index is 10.0. The van der Waals surface area contributed by atoms with Crippen LogP contribution in [0.25, 0.3) is 0 Å². The Labute approximate surface area is 111 Å². The van der Waals surface area contributed by atoms with Crippen molar-refractivity contribution in [3.8, 4) is 0 Å². The molecular weight excluding hydrogens is 248 g/mol. The lowest BCUT2D eigenvalue weighted by Crippen LogP contribution is -2.27. The molecule has 6 heteroatoms. The summed E-state index contributed by atoms with van der Waals surface area (Å²) >= 11 is 1.67. The summed E-state index contributed by atoms with van der Waals surface area (Å²) < 4.78 is 1.99. The number of aromatic nitrogens is 4. The molecule has 1 N–H and O–H groups in total. The normalized spacial score (nSPS) is 29.8. The van der Waals surface area contributed by atoms with Gasteiger partial charge in [0.25, 0.3) is 0 Å². The summed E-state index contributed by atoms with van der Waals surface area (Å²) in [6.07, 6.45) is 9.08. The maximum Gasteiger partial charge on any atom is 0.209 e. The molecule has 0 aromatic carbocycles. The van der Waals surface area contributed by atoms with Crippen molar-refractivity contribution in [1.29, 1.82) is 0 Å². The summed E-state index contributed by atoms with van der Waals surface area (Å²) in [6, 6.07) is 0.475. The molecule has 2 aliphatic rings. The fourth-order valence-electron chi connectivity index (χ4n) is 2.99. The van der Waals surface area contributed by atoms with Gasteiger partial charge >= 0.3 is 0 Å². The highest BCUT2D eigenvalue weighted by molar-refractivity contribution is 7.99. The smallest absolute Gasteiger partial charge is 0.209 e. The van der Waals surface area contributed by atoms with Gasteiger partial charge in [-0.25, -0.2) is 4.68 Å². The summed E-state index contributed by atoms with van der Waals surface area (Å²) in [5, 5.41) is 23.3. The quantitative estimate of drug-likeness (QED) is 0.910. The van der Waals surface area contributed by atoms with E-state index in [0.29, 0.717) is 6.04 Å². The number of rotatable bonds is 3. The molecule has 2 aliphatic carbocycles. The van der Waals surface area contributed by atoms with Gasteiger partial charge < -0.3 is 5.11 Å². The van der Waals surface area contributed by atoms with Crippen molar-refractivity contribution in [2.24, 2.45) is 0 Å². The Bertz CT molecular complexity index is 391. The second kappa shape index (κ2) is 5.57. The zero-order chi connectivity index (χ0) is 12.4. The lowest BCUT2D eigenvalue weighted by Gasteiger charge is -2.26. The van der Waals surface area contributed by atoms with E-state index in [0.717, 1.165) is 24.4 Å². The van der Waals surface area contributed by atoms with Crippen LogP contribution in [0.15, 0.2) is 5.16 Å². The summed E-state index contributed by atoms with van der Waals surface area (Å²) in [4.78, 5) is 0. The van der Waals surface area contributed by atoms with E-state index in [1.54, 1.807) is 11.8 Å². The third kappa shape index (κ3) is 2.54. The summed E-state index contributed by atoms with van der Waals surface area (Å²) in [6.45, 7) is 0. The number of tetrazole rings is 1. The summed E-state index contributed by atoms with van der Waals surface area (Å²) in [5.74, 6) is 0. The minimum atomic E-state index is -0.197. The van der Waals surface area contributed by atoms with Gasteiger partial charge in [-0.3, -0.25) is 0 Å². The standard InChI is InChI=1S/C12H20N4OS/c17-10-7-3-4-8-11(10)18-12-13-14-15-16(12)9-5-1-2-6-9/h9-11,17H,1-8H2. The fraction of sp³-hybridized carbons (Fsp3) is 0.917. The molecule has 3 rings (SSSR count). The van der Waals surface area contributed by atoms with Gasteiger partial charge in [-0.2, -0.15) is 0 Å². The molecule has 0 bridgehead atoms. The molecule has 2 saturated carbocycles. The van der Waals surface area contributed by atoms with E-state index < -0.39 is 0 Å². The van der Waals surface area contributed by atoms with Gasteiger partial charge in [0.2, 0.25) is 5.16 Å². The minimum Gasteiger partial charge on any atom is -0.392 e. The van der Waals surface area contributed by atoms with E-state index in [2.05, 4.69) is 15.5 Å². The first kappa shape index (κ1) is 12.4. The average molecular weight is 268 g/mol. The molecule has 0 spiro atoms. The van der Waals surface area contributed by atoms with E-state index in [-0.39, 0.29) is 11.4 Å². The maximum absolute atomic E-state index is 10.0. The Morgan fingerprint density at radius 2 is 1.78 bits per heavy atom. The number of aliphatic hydroxyl groups is 1. The Morgan fingerprint density at radius 3 is 2.56 bits per heavy atom. The predicted octanol–water partition coefficient (Wildman–Crippen LogP) is 2.18. The lowest BCUT2D eigenvalue weighted by atomic mass is 9.97. The van der Waals surface area contributed by atoms with Gasteiger partial charge in [0.1, 0.15) is 0 Å². The fourth-order valence-corrected chi connectivity index (χ4v) is 4.22. The van der Waals surface area contributed by atoms with Gasteiger partial charge in [-0.05, 0) is 36.1 Å². The van der Waals surface area contributed by atoms with Gasteiger partial charge in [0, 0.05) is 5.25 Å². The Kier molecular flexibility index (Phi) is 3.84. The predicted molar refractivity (Wildman–Crippen MR) is 69.4 cm³/mol. The molecule has 2 unspecified atom stereocenters. The molecule has 0 amide bonds. The highest BCUT2D eigenvalue weighted by Crippen LogP contribution is 2.36. The molecule has 0 radical (unpaired) electrons. The van der Waals surface area contributed by atoms with Crippen LogP contribution in [0.2, 0.25) is 0 Å². The van der Waals surface area contributed by atoms with E-state index in [1.165, 1.54) is 32.1 Å². The Hall–Kier alpha value is -0.620. The van der Waals surface area contributed by atoms with Crippen molar-refractivity contribution < 1.29 is 5.11 Å². The highest BCUT2D eigenvalue weighted by Gasteiger charge is 2.28. The molecule has 0 saturated heterocycles. The number of hydrogen-bond acceptors (Lipinski definition) is 5. The molecule has 2 atom stereocenters. The highest BCUT2D eigenvalue weighted by atomic mass is 32.2. The molecule has 18 heavy (non-hydrogen) atoms. The number of thioether (sulfide) groups is 1. The van der Waals surface area contributed by atoms with E-state index in [1.807, 2.05) is 4.68 Å². The first-order valence-electron chi connectivity index (χ1n) is 6.97. The molecule has 100 valence electrons. The van der Waals surface area contributed by atoms with E-state index in [9.17, 15) is 5.11 Å². The minimum absolute atomic E-state index is 0.197. The second-order valence-electron chi connectivity index (χ2n) is 5.35. The average Bonchev–Trinajstić information content (AvgIpc) is 3.02. The Balaban J connectivity index is 1.70. The van der Waals surface area contributed by atoms with Crippen LogP contribution < -0.4 is 0 Å². The second-order valence-corrected chi connectivity index (χ2v) is 6.56. The molecule has 5 nitrogen and oxygen atoms in total. The summed E-state index contributed by atoms with van der Waals surface area (Å²) in [7, 11) is 0. The lowest BCUT2D eigenvalue weighted by molar-refractivity contribution is 0.136. The molecule has 0 aliphatic heterocycles. The van der Waals surface area contributed by atoms with Crippen molar-refractivity contribution >= 4 is 11.8 Å². The van der Waals surface area contributed by atoms with Crippen molar-refractivity contribution in [3.05, 3.63) is 0 Å². The molecule has 1 aromatic heterocycles. The largest absolute Gasteiger partial charge is 0.392 e. The number of nitrogens with zero attached hydrogens (tertiary/aromatic N) is 4. The van der Waals surface area contributed by atoms with Crippen LogP contribution in [-0.4, -0.2) is 36.7 Å². The third-order valence-electron chi connectivity index (χ3n) is 4.06. The van der Waals surface area contributed by atoms with Crippen LogP contribution in [0, 0.1) is 0 Å². The monoisotopic (exact) mass is 268 g/mol. The van der Waals surface area contributed by atoms with Crippen LogP contribution in [-0.2, 0) is 0 Å². The van der Waals surface area contributed by atoms with Crippen molar-refractivity contribution in [2.45, 2.75) is 73.9 Å². The zero-order valence-electron chi connectivity index (χ0n) is 10.5. The van der Waals surface area contributed by atoms with Gasteiger partial charge in [0.15, 0.2) is 0 Å². The first-order valence-corrected chi connectivity index (χ1v) is 7.85. The topological polar surface area (TPSA) is 63.8 Å². The molecule has 2 fully saturated rings. The van der Waals surface area contributed by atoms with Crippen LogP contribution in [0.4, 0.5) is 0 Å². The van der Waals surface area contributed by atoms with Crippen LogP contribution in [0.1, 0.15) is 57.4 Å². The Morgan fingerprint density at radius 1 is 1.06 bits per heavy atom. The van der Waals surface area contributed by atoms with E-state index in [4.69, 9.17) is 0 Å². The van der Waals surface area contributed by atoms with Gasteiger partial charge in [-0.1, -0.05) is 37.4 Å². The molecular formula is C12H20N4OS. The SMILES string of the molecule is OC1CCCCC1Sc1nnnn1C1CCCC1. The first-order chi connectivity index (χ1) is 8.84.